The average molecular weight is 468 g/mol. The van der Waals surface area contributed by atoms with Crippen LogP contribution in [0.4, 0.5) is 16.2 Å². The molecule has 0 aliphatic heterocycles. The molecular weight excluding hydrogens is 430 g/mol. The summed E-state index contributed by atoms with van der Waals surface area (Å²) in [4.78, 5) is 14.7. The Balaban J connectivity index is 1.38. The van der Waals surface area contributed by atoms with Gasteiger partial charge in [0.1, 0.15) is 0 Å². The van der Waals surface area contributed by atoms with E-state index in [0.717, 1.165) is 18.7 Å². The van der Waals surface area contributed by atoms with Crippen molar-refractivity contribution in [2.45, 2.75) is 46.1 Å². The first-order chi connectivity index (χ1) is 17.0. The van der Waals surface area contributed by atoms with Crippen molar-refractivity contribution in [3.8, 4) is 0 Å². The molecule has 0 aromatic heterocycles. The molecule has 4 rings (SSSR count). The van der Waals surface area contributed by atoms with Crippen LogP contribution in [0.1, 0.15) is 42.9 Å². The van der Waals surface area contributed by atoms with Crippen LogP contribution in [0.15, 0.2) is 91.1 Å². The van der Waals surface area contributed by atoms with Crippen molar-refractivity contribution < 1.29 is 4.79 Å². The van der Waals surface area contributed by atoms with Crippen LogP contribution in [0, 0.1) is 18.8 Å². The Kier molecular flexibility index (Phi) is 8.25. The topological polar surface area (TPSA) is 44.4 Å². The molecule has 0 saturated heterocycles. The van der Waals surface area contributed by atoms with Crippen molar-refractivity contribution in [1.29, 1.82) is 0 Å². The minimum Gasteiger partial charge on any atom is -0.341 e. The SMILES string of the molecule is C=C(C1CCC[C@H]1C)N(Cc1ccc(NC(=O)NCCc2ccccc2)cc1)c1ccccc1C. The second-order valence-corrected chi connectivity index (χ2v) is 9.69. The van der Waals surface area contributed by atoms with E-state index in [4.69, 9.17) is 0 Å². The van der Waals surface area contributed by atoms with E-state index in [1.165, 1.54) is 47.3 Å². The van der Waals surface area contributed by atoms with E-state index >= 15 is 0 Å². The number of amides is 2. The molecule has 1 aliphatic carbocycles. The maximum atomic E-state index is 12.3. The monoisotopic (exact) mass is 467 g/mol. The van der Waals surface area contributed by atoms with Crippen molar-refractivity contribution in [2.75, 3.05) is 16.8 Å². The Morgan fingerprint density at radius 3 is 2.34 bits per heavy atom. The molecule has 3 aromatic rings. The van der Waals surface area contributed by atoms with Gasteiger partial charge >= 0.3 is 6.03 Å². The molecule has 4 heteroatoms. The van der Waals surface area contributed by atoms with Crippen molar-refractivity contribution >= 4 is 17.4 Å². The molecule has 0 heterocycles. The molecule has 2 N–H and O–H groups in total. The summed E-state index contributed by atoms with van der Waals surface area (Å²) in [6, 6.07) is 26.7. The molecule has 1 saturated carbocycles. The lowest BCUT2D eigenvalue weighted by Crippen LogP contribution is -2.30. The third kappa shape index (κ3) is 6.54. The lowest BCUT2D eigenvalue weighted by atomic mass is 9.93. The van der Waals surface area contributed by atoms with Gasteiger partial charge in [0, 0.05) is 36.1 Å². The zero-order valence-corrected chi connectivity index (χ0v) is 21.0. The van der Waals surface area contributed by atoms with Gasteiger partial charge in [-0.3, -0.25) is 0 Å². The van der Waals surface area contributed by atoms with E-state index in [1.54, 1.807) is 0 Å². The van der Waals surface area contributed by atoms with Gasteiger partial charge in [0.05, 0.1) is 0 Å². The maximum Gasteiger partial charge on any atom is 0.319 e. The van der Waals surface area contributed by atoms with E-state index in [2.05, 4.69) is 84.5 Å². The summed E-state index contributed by atoms with van der Waals surface area (Å²) in [5.41, 5.74) is 6.88. The van der Waals surface area contributed by atoms with Crippen molar-refractivity contribution in [3.63, 3.8) is 0 Å². The summed E-state index contributed by atoms with van der Waals surface area (Å²) in [5, 5.41) is 5.88. The Bertz CT molecular complexity index is 1120. The maximum absolute atomic E-state index is 12.3. The van der Waals surface area contributed by atoms with Crippen LogP contribution in [0.2, 0.25) is 0 Å². The zero-order chi connectivity index (χ0) is 24.6. The van der Waals surface area contributed by atoms with Crippen LogP contribution < -0.4 is 15.5 Å². The predicted octanol–water partition coefficient (Wildman–Crippen LogP) is 7.32. The van der Waals surface area contributed by atoms with E-state index < -0.39 is 0 Å². The summed E-state index contributed by atoms with van der Waals surface area (Å²) >= 11 is 0. The Morgan fingerprint density at radius 2 is 1.66 bits per heavy atom. The molecule has 1 aliphatic rings. The number of hydrogen-bond acceptors (Lipinski definition) is 2. The van der Waals surface area contributed by atoms with Crippen LogP contribution in [0.25, 0.3) is 0 Å². The van der Waals surface area contributed by atoms with Crippen LogP contribution in [0.3, 0.4) is 0 Å². The molecule has 0 spiro atoms. The van der Waals surface area contributed by atoms with Gasteiger partial charge in [0.25, 0.3) is 0 Å². The minimum atomic E-state index is -0.182. The van der Waals surface area contributed by atoms with Gasteiger partial charge in [-0.1, -0.05) is 87.0 Å². The highest BCUT2D eigenvalue weighted by atomic mass is 16.2. The molecule has 3 aromatic carbocycles. The summed E-state index contributed by atoms with van der Waals surface area (Å²) in [7, 11) is 0. The molecular formula is C31H37N3O. The number of carbonyl (C=O) groups excluding carboxylic acids is 1. The summed E-state index contributed by atoms with van der Waals surface area (Å²) in [6.45, 7) is 10.4. The van der Waals surface area contributed by atoms with E-state index in [0.29, 0.717) is 18.4 Å². The normalized spacial score (nSPS) is 17.1. The number of nitrogens with one attached hydrogen (secondary N) is 2. The number of nitrogens with zero attached hydrogens (tertiary/aromatic N) is 1. The van der Waals surface area contributed by atoms with Gasteiger partial charge in [-0.2, -0.15) is 0 Å². The van der Waals surface area contributed by atoms with E-state index in [9.17, 15) is 4.79 Å². The highest BCUT2D eigenvalue weighted by molar-refractivity contribution is 5.89. The van der Waals surface area contributed by atoms with Gasteiger partial charge in [0.2, 0.25) is 0 Å². The number of aryl methyl sites for hydroxylation is 1. The number of carbonyl (C=O) groups is 1. The van der Waals surface area contributed by atoms with Crippen molar-refractivity contribution in [2.24, 2.45) is 11.8 Å². The Morgan fingerprint density at radius 1 is 0.943 bits per heavy atom. The number of urea groups is 1. The molecule has 35 heavy (non-hydrogen) atoms. The smallest absolute Gasteiger partial charge is 0.319 e. The molecule has 4 nitrogen and oxygen atoms in total. The second-order valence-electron chi connectivity index (χ2n) is 9.69. The molecule has 2 amide bonds. The molecule has 0 bridgehead atoms. The van der Waals surface area contributed by atoms with Gasteiger partial charge in [0.15, 0.2) is 0 Å². The van der Waals surface area contributed by atoms with Gasteiger partial charge in [-0.15, -0.1) is 0 Å². The fraction of sp³-hybridized carbons (Fsp3) is 0.323. The highest BCUT2D eigenvalue weighted by Gasteiger charge is 2.29. The van der Waals surface area contributed by atoms with Crippen LogP contribution in [-0.4, -0.2) is 12.6 Å². The first-order valence-electron chi connectivity index (χ1n) is 12.7. The molecule has 0 radical (unpaired) electrons. The molecule has 182 valence electrons. The largest absolute Gasteiger partial charge is 0.341 e. The lowest BCUT2D eigenvalue weighted by Gasteiger charge is -2.33. The van der Waals surface area contributed by atoms with Crippen LogP contribution >= 0.6 is 0 Å². The zero-order valence-electron chi connectivity index (χ0n) is 21.0. The Hall–Kier alpha value is -3.53. The first kappa shape index (κ1) is 24.6. The number of benzene rings is 3. The van der Waals surface area contributed by atoms with Crippen LogP contribution in [-0.2, 0) is 13.0 Å². The average Bonchev–Trinajstić information content (AvgIpc) is 3.30. The number of anilines is 2. The summed E-state index contributed by atoms with van der Waals surface area (Å²) in [6.07, 6.45) is 4.58. The molecule has 1 fully saturated rings. The standard InChI is InChI=1S/C31H37N3O/c1-23-11-9-14-29(23)25(3)34(30-15-8-7-10-24(30)2)22-27-16-18-28(19-17-27)33-31(35)32-21-20-26-12-5-4-6-13-26/h4-8,10,12-13,15-19,23,29H,3,9,11,14,20-22H2,1-2H3,(H2,32,33,35)/t23-,29?/m1/s1. The molecule has 2 atom stereocenters. The Labute approximate surface area is 210 Å². The summed E-state index contributed by atoms with van der Waals surface area (Å²) < 4.78 is 0. The van der Waals surface area contributed by atoms with Crippen molar-refractivity contribution in [3.05, 3.63) is 108 Å². The number of hydrogen-bond donors (Lipinski definition) is 2. The van der Waals surface area contributed by atoms with E-state index in [-0.39, 0.29) is 6.03 Å². The number of para-hydroxylation sites is 1. The fourth-order valence-electron chi connectivity index (χ4n) is 5.06. The first-order valence-corrected chi connectivity index (χ1v) is 12.7. The number of rotatable bonds is 9. The van der Waals surface area contributed by atoms with Crippen LogP contribution in [0.5, 0.6) is 0 Å². The third-order valence-electron chi connectivity index (χ3n) is 7.14. The molecule has 1 unspecified atom stereocenters. The quantitative estimate of drug-likeness (QED) is 0.346. The minimum absolute atomic E-state index is 0.182. The summed E-state index contributed by atoms with van der Waals surface area (Å²) in [5.74, 6) is 1.19. The highest BCUT2D eigenvalue weighted by Crippen LogP contribution is 2.39. The number of allylic oxidation sites excluding steroid dienone is 1. The third-order valence-corrected chi connectivity index (χ3v) is 7.14. The van der Waals surface area contributed by atoms with Crippen molar-refractivity contribution in [1.82, 2.24) is 5.32 Å². The fourth-order valence-corrected chi connectivity index (χ4v) is 5.06. The van der Waals surface area contributed by atoms with Gasteiger partial charge < -0.3 is 15.5 Å². The second kappa shape index (κ2) is 11.7. The van der Waals surface area contributed by atoms with Gasteiger partial charge in [-0.25, -0.2) is 4.79 Å². The predicted molar refractivity (Wildman–Crippen MR) is 147 cm³/mol. The van der Waals surface area contributed by atoms with E-state index in [1.807, 2.05) is 30.3 Å². The lowest BCUT2D eigenvalue weighted by molar-refractivity contribution is 0.252. The van der Waals surface area contributed by atoms with Gasteiger partial charge in [-0.05, 0) is 60.6 Å².